The molecule has 0 aliphatic heterocycles. The van der Waals surface area contributed by atoms with Gasteiger partial charge in [0.1, 0.15) is 0 Å². The number of aliphatic imine (C=N–C) groups is 1. The zero-order chi connectivity index (χ0) is 10.7. The van der Waals surface area contributed by atoms with Crippen molar-refractivity contribution in [3.05, 3.63) is 12.8 Å². The summed E-state index contributed by atoms with van der Waals surface area (Å²) in [4.78, 5) is 4.34. The fourth-order valence-electron chi connectivity index (χ4n) is 2.29. The number of amidine groups is 1. The van der Waals surface area contributed by atoms with Crippen molar-refractivity contribution in [2.24, 2.45) is 22.7 Å². The van der Waals surface area contributed by atoms with E-state index in [2.05, 4.69) is 16.9 Å². The molecule has 0 spiro atoms. The molecule has 0 amide bonds. The smallest absolute Gasteiger partial charge is 0.288 e. The lowest BCUT2D eigenvalue weighted by molar-refractivity contribution is 0.384. The van der Waals surface area contributed by atoms with Crippen LogP contribution in [0.1, 0.15) is 25.7 Å². The summed E-state index contributed by atoms with van der Waals surface area (Å²) in [6.07, 6.45) is 7.20. The van der Waals surface area contributed by atoms with E-state index in [1.54, 1.807) is 13.3 Å². The first-order chi connectivity index (χ1) is 7.35. The Hall–Kier alpha value is -0.990. The van der Waals surface area contributed by atoms with E-state index >= 15 is 0 Å². The molecule has 2 atom stereocenters. The molecule has 0 radical (unpaired) electrons. The molecule has 0 aromatic heterocycles. The first-order valence-corrected chi connectivity index (χ1v) is 5.81. The lowest BCUT2D eigenvalue weighted by Crippen LogP contribution is -2.19. The maximum atomic E-state index is 5.05. The number of rotatable bonds is 5. The molecule has 0 heterocycles. The van der Waals surface area contributed by atoms with Crippen LogP contribution in [0.5, 0.6) is 0 Å². The van der Waals surface area contributed by atoms with E-state index in [9.17, 15) is 0 Å². The molecule has 0 saturated heterocycles. The standard InChI is InChI=1S/C12H20N2O/c1-3-13-12(15-2)14-7-6-10-8-11(10)9-4-5-9/h3,9-11H,1,4-8H2,2H3,(H,13,14). The molecule has 3 heteroatoms. The minimum Gasteiger partial charge on any atom is -0.468 e. The molecular weight excluding hydrogens is 188 g/mol. The summed E-state index contributed by atoms with van der Waals surface area (Å²) in [6, 6.07) is 0.577. The van der Waals surface area contributed by atoms with Gasteiger partial charge in [-0.1, -0.05) is 6.58 Å². The van der Waals surface area contributed by atoms with Gasteiger partial charge >= 0.3 is 0 Å². The molecule has 1 N–H and O–H groups in total. The molecule has 84 valence electrons. The van der Waals surface area contributed by atoms with Crippen molar-refractivity contribution in [1.29, 1.82) is 0 Å². The average molecular weight is 208 g/mol. The molecule has 0 aromatic rings. The lowest BCUT2D eigenvalue weighted by Gasteiger charge is -2.03. The summed E-state index contributed by atoms with van der Waals surface area (Å²) in [6.45, 7) is 4.45. The van der Waals surface area contributed by atoms with Gasteiger partial charge in [0.2, 0.25) is 0 Å². The Balaban J connectivity index is 1.62. The fraction of sp³-hybridized carbons (Fsp3) is 0.750. The third kappa shape index (κ3) is 2.98. The molecular formula is C12H20N2O. The van der Waals surface area contributed by atoms with Crippen molar-refractivity contribution in [2.75, 3.05) is 13.7 Å². The van der Waals surface area contributed by atoms with Crippen LogP contribution in [-0.4, -0.2) is 19.7 Å². The van der Waals surface area contributed by atoms with Gasteiger partial charge < -0.3 is 10.1 Å². The molecule has 15 heavy (non-hydrogen) atoms. The normalized spacial score (nSPS) is 29.8. The average Bonchev–Trinajstić information content (AvgIpc) is 3.08. The SMILES string of the molecule is C=CNC(=NCCC1CC1C1CC1)OC. The first-order valence-electron chi connectivity index (χ1n) is 5.81. The van der Waals surface area contributed by atoms with Gasteiger partial charge in [0.15, 0.2) is 0 Å². The van der Waals surface area contributed by atoms with Crippen LogP contribution in [-0.2, 0) is 4.74 Å². The summed E-state index contributed by atoms with van der Waals surface area (Å²) in [5, 5.41) is 2.86. The Labute approximate surface area is 91.6 Å². The lowest BCUT2D eigenvalue weighted by atomic mass is 10.2. The molecule has 2 aliphatic carbocycles. The highest BCUT2D eigenvalue weighted by Gasteiger charge is 2.46. The molecule has 2 saturated carbocycles. The second kappa shape index (κ2) is 4.69. The Morgan fingerprint density at radius 3 is 3.00 bits per heavy atom. The van der Waals surface area contributed by atoms with Crippen LogP contribution in [0.25, 0.3) is 0 Å². The Morgan fingerprint density at radius 2 is 2.40 bits per heavy atom. The van der Waals surface area contributed by atoms with E-state index in [1.807, 2.05) is 0 Å². The third-order valence-electron chi connectivity index (χ3n) is 3.38. The predicted octanol–water partition coefficient (Wildman–Crippen LogP) is 2.16. The minimum atomic E-state index is 0.577. The molecule has 2 unspecified atom stereocenters. The molecule has 0 aromatic carbocycles. The van der Waals surface area contributed by atoms with E-state index in [-0.39, 0.29) is 0 Å². The fourth-order valence-corrected chi connectivity index (χ4v) is 2.29. The van der Waals surface area contributed by atoms with Crippen molar-refractivity contribution in [2.45, 2.75) is 25.7 Å². The molecule has 3 nitrogen and oxygen atoms in total. The highest BCUT2D eigenvalue weighted by atomic mass is 16.5. The highest BCUT2D eigenvalue weighted by molar-refractivity contribution is 5.74. The van der Waals surface area contributed by atoms with E-state index in [1.165, 1.54) is 25.7 Å². The number of hydrogen-bond acceptors (Lipinski definition) is 2. The number of ether oxygens (including phenoxy) is 1. The summed E-state index contributed by atoms with van der Waals surface area (Å²) in [5.41, 5.74) is 0. The third-order valence-corrected chi connectivity index (χ3v) is 3.38. The number of hydrogen-bond donors (Lipinski definition) is 1. The number of methoxy groups -OCH3 is 1. The second-order valence-corrected chi connectivity index (χ2v) is 4.53. The molecule has 2 rings (SSSR count). The number of nitrogens with zero attached hydrogens (tertiary/aromatic N) is 1. The first kappa shape index (κ1) is 10.5. The molecule has 2 aliphatic rings. The van der Waals surface area contributed by atoms with Gasteiger partial charge in [-0.05, 0) is 49.6 Å². The maximum absolute atomic E-state index is 5.05. The van der Waals surface area contributed by atoms with E-state index in [0.717, 1.165) is 24.3 Å². The van der Waals surface area contributed by atoms with Crippen LogP contribution >= 0.6 is 0 Å². The van der Waals surface area contributed by atoms with Crippen LogP contribution in [0.3, 0.4) is 0 Å². The van der Waals surface area contributed by atoms with Crippen LogP contribution in [0.4, 0.5) is 0 Å². The second-order valence-electron chi connectivity index (χ2n) is 4.53. The van der Waals surface area contributed by atoms with Crippen LogP contribution in [0, 0.1) is 17.8 Å². The van der Waals surface area contributed by atoms with Crippen LogP contribution < -0.4 is 5.32 Å². The van der Waals surface area contributed by atoms with Gasteiger partial charge in [0.25, 0.3) is 6.02 Å². The molecule has 0 bridgehead atoms. The Morgan fingerprint density at radius 1 is 1.60 bits per heavy atom. The predicted molar refractivity (Wildman–Crippen MR) is 61.6 cm³/mol. The monoisotopic (exact) mass is 208 g/mol. The van der Waals surface area contributed by atoms with E-state index in [0.29, 0.717) is 6.02 Å². The molecule has 2 fully saturated rings. The topological polar surface area (TPSA) is 33.6 Å². The van der Waals surface area contributed by atoms with Gasteiger partial charge in [0.05, 0.1) is 7.11 Å². The summed E-state index contributed by atoms with van der Waals surface area (Å²) >= 11 is 0. The van der Waals surface area contributed by atoms with Crippen molar-refractivity contribution >= 4 is 6.02 Å². The van der Waals surface area contributed by atoms with Gasteiger partial charge in [-0.25, -0.2) is 4.99 Å². The van der Waals surface area contributed by atoms with Crippen LogP contribution in [0.15, 0.2) is 17.8 Å². The van der Waals surface area contributed by atoms with E-state index in [4.69, 9.17) is 4.74 Å². The highest BCUT2D eigenvalue weighted by Crippen LogP contribution is 2.55. The van der Waals surface area contributed by atoms with Gasteiger partial charge in [-0.2, -0.15) is 0 Å². The number of nitrogens with one attached hydrogen (secondary N) is 1. The van der Waals surface area contributed by atoms with Crippen molar-refractivity contribution < 1.29 is 4.74 Å². The van der Waals surface area contributed by atoms with Gasteiger partial charge in [0, 0.05) is 6.54 Å². The van der Waals surface area contributed by atoms with Crippen LogP contribution in [0.2, 0.25) is 0 Å². The largest absolute Gasteiger partial charge is 0.468 e. The maximum Gasteiger partial charge on any atom is 0.288 e. The quantitative estimate of drug-likeness (QED) is 0.555. The van der Waals surface area contributed by atoms with Gasteiger partial charge in [-0.15, -0.1) is 0 Å². The summed E-state index contributed by atoms with van der Waals surface area (Å²) in [5.74, 6) is 3.06. The van der Waals surface area contributed by atoms with Crippen molar-refractivity contribution in [3.8, 4) is 0 Å². The Bertz CT molecular complexity index is 258. The van der Waals surface area contributed by atoms with Crippen molar-refractivity contribution in [1.82, 2.24) is 5.32 Å². The van der Waals surface area contributed by atoms with Gasteiger partial charge in [-0.3, -0.25) is 0 Å². The summed E-state index contributed by atoms with van der Waals surface area (Å²) < 4.78 is 5.05. The van der Waals surface area contributed by atoms with Crippen molar-refractivity contribution in [3.63, 3.8) is 0 Å². The zero-order valence-corrected chi connectivity index (χ0v) is 9.41. The zero-order valence-electron chi connectivity index (χ0n) is 9.41. The minimum absolute atomic E-state index is 0.577. The summed E-state index contributed by atoms with van der Waals surface area (Å²) in [7, 11) is 1.62. The Kier molecular flexibility index (Phi) is 3.29. The van der Waals surface area contributed by atoms with E-state index < -0.39 is 0 Å².